The smallest absolute Gasteiger partial charge is 0.185 e. The summed E-state index contributed by atoms with van der Waals surface area (Å²) in [6, 6.07) is 9.76. The lowest BCUT2D eigenvalue weighted by Crippen LogP contribution is -2.36. The molecule has 0 amide bonds. The van der Waals surface area contributed by atoms with E-state index >= 15 is 0 Å². The van der Waals surface area contributed by atoms with Crippen molar-refractivity contribution in [3.63, 3.8) is 0 Å². The van der Waals surface area contributed by atoms with Crippen molar-refractivity contribution in [2.45, 2.75) is 51.4 Å². The second-order valence-corrected chi connectivity index (χ2v) is 8.41. The van der Waals surface area contributed by atoms with Crippen LogP contribution < -0.4 is 0 Å². The van der Waals surface area contributed by atoms with E-state index in [9.17, 15) is 8.42 Å². The quantitative estimate of drug-likeness (QED) is 0.716. The van der Waals surface area contributed by atoms with E-state index in [2.05, 4.69) is 6.58 Å². The Morgan fingerprint density at radius 2 is 1.96 bits per heavy atom. The number of hydrogen-bond donors (Lipinski definition) is 0. The molecule has 1 aliphatic heterocycles. The molecule has 5 heteroatoms. The van der Waals surface area contributed by atoms with Crippen LogP contribution in [0.1, 0.15) is 32.8 Å². The number of hydrogen-bond acceptors (Lipinski definition) is 4. The van der Waals surface area contributed by atoms with E-state index < -0.39 is 21.4 Å². The lowest BCUT2D eigenvalue weighted by Gasteiger charge is -2.22. The molecule has 0 radical (unpaired) electrons. The zero-order valence-electron chi connectivity index (χ0n) is 14.1. The third kappa shape index (κ3) is 4.43. The third-order valence-electron chi connectivity index (χ3n) is 4.17. The first-order valence-electron chi connectivity index (χ1n) is 8.02. The first-order valence-corrected chi connectivity index (χ1v) is 9.73. The molecule has 1 heterocycles. The molecule has 0 aliphatic carbocycles. The Balaban J connectivity index is 2.16. The van der Waals surface area contributed by atoms with Crippen LogP contribution in [0, 0.1) is 5.92 Å². The first kappa shape index (κ1) is 18.2. The molecule has 1 aromatic carbocycles. The van der Waals surface area contributed by atoms with Crippen molar-refractivity contribution in [1.29, 1.82) is 0 Å². The molecule has 23 heavy (non-hydrogen) atoms. The van der Waals surface area contributed by atoms with Crippen LogP contribution in [0.4, 0.5) is 0 Å². The zero-order chi connectivity index (χ0) is 17.0. The third-order valence-corrected chi connectivity index (χ3v) is 6.15. The van der Waals surface area contributed by atoms with Gasteiger partial charge in [0.2, 0.25) is 0 Å². The van der Waals surface area contributed by atoms with Gasteiger partial charge in [0.1, 0.15) is 6.10 Å². The summed E-state index contributed by atoms with van der Waals surface area (Å²) in [5.41, 5.74) is 0.724. The second-order valence-electron chi connectivity index (χ2n) is 6.34. The Hall–Kier alpha value is -1.17. The zero-order valence-corrected chi connectivity index (χ0v) is 14.9. The SMILES string of the molecule is C=C(C)CS(=O)(=O)C1O[C@H](CC)[C@@H](C)[C@H]1OCc1ccccc1. The highest BCUT2D eigenvalue weighted by molar-refractivity contribution is 7.92. The maximum atomic E-state index is 12.6. The molecule has 1 saturated heterocycles. The monoisotopic (exact) mass is 338 g/mol. The molecule has 0 aromatic heterocycles. The molecule has 0 saturated carbocycles. The summed E-state index contributed by atoms with van der Waals surface area (Å²) >= 11 is 0. The molecule has 2 rings (SSSR count). The minimum Gasteiger partial charge on any atom is -0.369 e. The summed E-state index contributed by atoms with van der Waals surface area (Å²) in [4.78, 5) is 0. The van der Waals surface area contributed by atoms with Crippen molar-refractivity contribution in [2.75, 3.05) is 5.75 Å². The van der Waals surface area contributed by atoms with E-state index in [1.807, 2.05) is 44.2 Å². The predicted octanol–water partition coefficient (Wildman–Crippen LogP) is 3.33. The Kier molecular flexibility index (Phi) is 6.00. The summed E-state index contributed by atoms with van der Waals surface area (Å²) < 4.78 is 37.0. The average molecular weight is 338 g/mol. The van der Waals surface area contributed by atoms with Gasteiger partial charge in [0.25, 0.3) is 0 Å². The van der Waals surface area contributed by atoms with Crippen molar-refractivity contribution < 1.29 is 17.9 Å². The summed E-state index contributed by atoms with van der Waals surface area (Å²) in [6.07, 6.45) is 0.219. The molecule has 128 valence electrons. The number of ether oxygens (including phenoxy) is 2. The van der Waals surface area contributed by atoms with Gasteiger partial charge in [0.05, 0.1) is 18.5 Å². The summed E-state index contributed by atoms with van der Waals surface area (Å²) in [5.74, 6) is -0.0277. The van der Waals surface area contributed by atoms with Crippen molar-refractivity contribution in [3.05, 3.63) is 48.0 Å². The van der Waals surface area contributed by atoms with Crippen LogP contribution in [-0.2, 0) is 25.9 Å². The predicted molar refractivity (Wildman–Crippen MR) is 91.7 cm³/mol. The summed E-state index contributed by atoms with van der Waals surface area (Å²) in [6.45, 7) is 9.82. The standard InChI is InChI=1S/C18H26O4S/c1-5-16-14(4)17(21-11-15-9-7-6-8-10-15)18(22-16)23(19,20)12-13(2)3/h6-10,14,16-18H,2,5,11-12H2,1,3-4H3/t14-,16-,17-,18?/m1/s1. The van der Waals surface area contributed by atoms with Crippen LogP contribution in [0.5, 0.6) is 0 Å². The largest absolute Gasteiger partial charge is 0.369 e. The van der Waals surface area contributed by atoms with Crippen molar-refractivity contribution in [1.82, 2.24) is 0 Å². The number of rotatable bonds is 7. The fourth-order valence-electron chi connectivity index (χ4n) is 3.01. The van der Waals surface area contributed by atoms with E-state index in [0.29, 0.717) is 12.2 Å². The minimum absolute atomic E-state index is 0.0357. The van der Waals surface area contributed by atoms with Crippen molar-refractivity contribution in [2.24, 2.45) is 5.92 Å². The van der Waals surface area contributed by atoms with E-state index in [4.69, 9.17) is 9.47 Å². The fourth-order valence-corrected chi connectivity index (χ4v) is 4.91. The van der Waals surface area contributed by atoms with Crippen LogP contribution >= 0.6 is 0 Å². The van der Waals surface area contributed by atoms with Gasteiger partial charge in [-0.25, -0.2) is 8.42 Å². The van der Waals surface area contributed by atoms with E-state index in [-0.39, 0.29) is 17.8 Å². The summed E-state index contributed by atoms with van der Waals surface area (Å²) in [7, 11) is -3.44. The molecule has 4 atom stereocenters. The molecule has 0 bridgehead atoms. The molecule has 0 spiro atoms. The lowest BCUT2D eigenvalue weighted by molar-refractivity contribution is 0.00160. The lowest BCUT2D eigenvalue weighted by atomic mass is 9.99. The van der Waals surface area contributed by atoms with Gasteiger partial charge in [-0.3, -0.25) is 0 Å². The molecule has 1 aromatic rings. The molecule has 1 aliphatic rings. The van der Waals surface area contributed by atoms with E-state index in [1.54, 1.807) is 6.92 Å². The minimum atomic E-state index is -3.44. The van der Waals surface area contributed by atoms with Gasteiger partial charge in [-0.2, -0.15) is 0 Å². The molecule has 1 unspecified atom stereocenters. The first-order chi connectivity index (χ1) is 10.8. The van der Waals surface area contributed by atoms with Gasteiger partial charge in [0, 0.05) is 5.92 Å². The summed E-state index contributed by atoms with van der Waals surface area (Å²) in [5, 5.41) is 0. The van der Waals surface area contributed by atoms with Crippen LogP contribution in [-0.4, -0.2) is 31.8 Å². The average Bonchev–Trinajstić information content (AvgIpc) is 2.82. The molecule has 1 fully saturated rings. The molecular formula is C18H26O4S. The van der Waals surface area contributed by atoms with Crippen molar-refractivity contribution >= 4 is 9.84 Å². The Bertz CT molecular complexity index is 624. The normalized spacial score (nSPS) is 28.0. The van der Waals surface area contributed by atoms with Crippen LogP contribution in [0.25, 0.3) is 0 Å². The van der Waals surface area contributed by atoms with Crippen LogP contribution in [0.15, 0.2) is 42.5 Å². The Morgan fingerprint density at radius 3 is 2.52 bits per heavy atom. The topological polar surface area (TPSA) is 52.6 Å². The van der Waals surface area contributed by atoms with Gasteiger partial charge in [-0.1, -0.05) is 56.3 Å². The van der Waals surface area contributed by atoms with Gasteiger partial charge in [-0.15, -0.1) is 0 Å². The number of benzene rings is 1. The van der Waals surface area contributed by atoms with Gasteiger partial charge < -0.3 is 9.47 Å². The van der Waals surface area contributed by atoms with Gasteiger partial charge >= 0.3 is 0 Å². The molecule has 4 nitrogen and oxygen atoms in total. The van der Waals surface area contributed by atoms with Crippen molar-refractivity contribution in [3.8, 4) is 0 Å². The van der Waals surface area contributed by atoms with E-state index in [0.717, 1.165) is 12.0 Å². The van der Waals surface area contributed by atoms with Crippen LogP contribution in [0.3, 0.4) is 0 Å². The Labute approximate surface area is 139 Å². The fraction of sp³-hybridized carbons (Fsp3) is 0.556. The van der Waals surface area contributed by atoms with Gasteiger partial charge in [-0.05, 0) is 18.9 Å². The van der Waals surface area contributed by atoms with Gasteiger partial charge in [0.15, 0.2) is 15.3 Å². The highest BCUT2D eigenvalue weighted by Gasteiger charge is 2.48. The molecule has 0 N–H and O–H groups in total. The molecular weight excluding hydrogens is 312 g/mol. The second kappa shape index (κ2) is 7.60. The highest BCUT2D eigenvalue weighted by atomic mass is 32.2. The highest BCUT2D eigenvalue weighted by Crippen LogP contribution is 2.35. The number of sulfone groups is 1. The maximum absolute atomic E-state index is 12.6. The Morgan fingerprint density at radius 1 is 1.30 bits per heavy atom. The van der Waals surface area contributed by atoms with Crippen LogP contribution in [0.2, 0.25) is 0 Å². The van der Waals surface area contributed by atoms with E-state index in [1.165, 1.54) is 0 Å². The maximum Gasteiger partial charge on any atom is 0.185 e.